The van der Waals surface area contributed by atoms with E-state index in [4.69, 9.17) is 18.9 Å². The zero-order valence-corrected chi connectivity index (χ0v) is 46.4. The molecular formula is C54H82F3N5O12. The predicted octanol–water partition coefficient (Wildman–Crippen LogP) is 6.67. The summed E-state index contributed by atoms with van der Waals surface area (Å²) in [6.45, 7) is 20.8. The van der Waals surface area contributed by atoms with E-state index in [1.54, 1.807) is 68.4 Å². The maximum Gasteiger partial charge on any atom is 0.432 e. The summed E-state index contributed by atoms with van der Waals surface area (Å²) in [6.07, 6.45) is -6.04. The minimum atomic E-state index is -5.37. The van der Waals surface area contributed by atoms with Gasteiger partial charge >= 0.3 is 24.1 Å². The van der Waals surface area contributed by atoms with E-state index in [0.29, 0.717) is 31.9 Å². The molecule has 0 fully saturated rings. The van der Waals surface area contributed by atoms with E-state index in [1.807, 2.05) is 6.92 Å². The number of allylic oxidation sites excluding steroid dienone is 1. The van der Waals surface area contributed by atoms with Crippen molar-refractivity contribution in [3.8, 4) is 0 Å². The Kier molecular flexibility index (Phi) is 24.5. The molecule has 0 spiro atoms. The van der Waals surface area contributed by atoms with Crippen LogP contribution in [0.25, 0.3) is 0 Å². The van der Waals surface area contributed by atoms with Crippen LogP contribution in [0.4, 0.5) is 13.2 Å². The average molecular weight is 1050 g/mol. The second-order valence-electron chi connectivity index (χ2n) is 20.2. The number of ether oxygens (including phenoxy) is 4. The summed E-state index contributed by atoms with van der Waals surface area (Å²) in [6, 6.07) is 1.28. The summed E-state index contributed by atoms with van der Waals surface area (Å²) < 4.78 is 68.6. The molecule has 416 valence electrons. The largest absolute Gasteiger partial charge is 0.459 e. The molecule has 1 aliphatic heterocycles. The Balaban J connectivity index is 2.98. The van der Waals surface area contributed by atoms with Gasteiger partial charge in [-0.3, -0.25) is 24.0 Å². The Morgan fingerprint density at radius 1 is 0.811 bits per heavy atom. The fraction of sp³-hybridized carbons (Fsp3) is 0.667. The third-order valence-corrected chi connectivity index (χ3v) is 14.1. The average Bonchev–Trinajstić information content (AvgIpc) is 3.34. The number of alkyl halides is 3. The first-order chi connectivity index (χ1) is 34.4. The number of hydrogen-bond donors (Lipinski definition) is 2. The molecule has 17 nitrogen and oxygen atoms in total. The van der Waals surface area contributed by atoms with Gasteiger partial charge in [0.25, 0.3) is 11.5 Å². The summed E-state index contributed by atoms with van der Waals surface area (Å²) in [4.78, 5) is 117. The van der Waals surface area contributed by atoms with Crippen LogP contribution in [-0.4, -0.2) is 146 Å². The van der Waals surface area contributed by atoms with Crippen LogP contribution >= 0.6 is 0 Å². The lowest BCUT2D eigenvalue weighted by atomic mass is 9.89. The maximum atomic E-state index is 15.3. The summed E-state index contributed by atoms with van der Waals surface area (Å²) >= 11 is 0. The Labute approximate surface area is 435 Å². The second-order valence-corrected chi connectivity index (χ2v) is 20.2. The van der Waals surface area contributed by atoms with Crippen LogP contribution in [0.15, 0.2) is 53.6 Å². The first kappa shape index (κ1) is 64.3. The van der Waals surface area contributed by atoms with Gasteiger partial charge in [-0.2, -0.15) is 13.2 Å². The Bertz CT molecular complexity index is 2180. The molecule has 0 aliphatic carbocycles. The van der Waals surface area contributed by atoms with E-state index in [9.17, 15) is 38.4 Å². The molecule has 0 saturated carbocycles. The molecule has 2 rings (SSSR count). The molecule has 11 atom stereocenters. The number of methoxy groups -OCH3 is 1. The minimum Gasteiger partial charge on any atom is -0.459 e. The van der Waals surface area contributed by atoms with E-state index >= 15 is 13.2 Å². The number of halogens is 3. The number of amides is 5. The van der Waals surface area contributed by atoms with Crippen LogP contribution in [0.3, 0.4) is 0 Å². The fourth-order valence-corrected chi connectivity index (χ4v) is 8.62. The molecule has 1 aromatic carbocycles. The van der Waals surface area contributed by atoms with Crippen LogP contribution in [0.2, 0.25) is 0 Å². The van der Waals surface area contributed by atoms with Crippen molar-refractivity contribution in [3.63, 3.8) is 0 Å². The lowest BCUT2D eigenvalue weighted by Gasteiger charge is -2.37. The van der Waals surface area contributed by atoms with Crippen LogP contribution in [0, 0.1) is 29.6 Å². The molecule has 1 aliphatic rings. The molecular weight excluding hydrogens is 968 g/mol. The molecule has 0 saturated heterocycles. The molecule has 5 amide bonds. The number of cyclic esters (lactones) is 2. The zero-order chi connectivity index (χ0) is 56.7. The zero-order valence-electron chi connectivity index (χ0n) is 46.4. The molecule has 0 bridgehead atoms. The second kappa shape index (κ2) is 28.2. The van der Waals surface area contributed by atoms with Gasteiger partial charge in [0.2, 0.25) is 23.6 Å². The lowest BCUT2D eigenvalue weighted by molar-refractivity contribution is -0.279. The normalized spacial score (nSPS) is 27.1. The summed E-state index contributed by atoms with van der Waals surface area (Å²) in [7, 11) is 4.85. The Hall–Kier alpha value is -5.79. The number of rotatable bonds is 12. The van der Waals surface area contributed by atoms with Gasteiger partial charge < -0.3 is 44.3 Å². The summed E-state index contributed by atoms with van der Waals surface area (Å²) in [5, 5.41) is 5.44. The highest BCUT2D eigenvalue weighted by molar-refractivity contribution is 5.96. The number of nitrogens with zero attached hydrogens (tertiary/aromatic N) is 3. The SMILES string of the molecule is CC/C=C(\C)[C@H]1OC(=O)[C@H](C)N(C)C(=O)[C@H](C(C)C)NC(=O)CN(C)C(=O)[C@H]([C@H](C)CC)N(C)C(=O)[C@H](C(C)C)NC(=O)[C@@H]([C@@H](C)CC)OC(=O)/C(C)=C/C[C@H](OC(=O)[C@](OC)(c2ccccc2)C(F)(F)F)[C@@H]1C. The van der Waals surface area contributed by atoms with Crippen molar-refractivity contribution in [1.82, 2.24) is 25.3 Å². The van der Waals surface area contributed by atoms with Gasteiger partial charge in [0, 0.05) is 57.6 Å². The highest BCUT2D eigenvalue weighted by Gasteiger charge is 2.64. The highest BCUT2D eigenvalue weighted by atomic mass is 19.4. The monoisotopic (exact) mass is 1050 g/mol. The van der Waals surface area contributed by atoms with E-state index in [1.165, 1.54) is 71.1 Å². The van der Waals surface area contributed by atoms with Crippen molar-refractivity contribution in [2.75, 3.05) is 34.8 Å². The van der Waals surface area contributed by atoms with Gasteiger partial charge in [0.15, 0.2) is 6.10 Å². The van der Waals surface area contributed by atoms with Crippen molar-refractivity contribution >= 4 is 47.4 Å². The van der Waals surface area contributed by atoms with E-state index in [0.717, 1.165) is 21.9 Å². The maximum absolute atomic E-state index is 15.3. The quantitative estimate of drug-likeness (QED) is 0.128. The molecule has 20 heteroatoms. The van der Waals surface area contributed by atoms with Crippen LogP contribution < -0.4 is 10.6 Å². The first-order valence-corrected chi connectivity index (χ1v) is 25.4. The Morgan fingerprint density at radius 2 is 1.35 bits per heavy atom. The van der Waals surface area contributed by atoms with Crippen molar-refractivity contribution in [2.45, 2.75) is 170 Å². The van der Waals surface area contributed by atoms with Gasteiger partial charge in [0.1, 0.15) is 36.4 Å². The number of likely N-dealkylation sites (N-methyl/N-ethyl adjacent to an activating group) is 3. The standard InChI is InChI=1S/C54H82F3N5O12/c1-18-24-34(10)44-36(12)39(72-52(70)53(71-17,54(55,56)57)38-25-22-21-23-26-38)28-27-35(11)50(68)74-45(33(9)20-3)46(64)59-42(31(6)7)48(66)62(16)43(32(8)19-2)49(67)60(14)29-40(63)58-41(30(4)5)47(65)61(15)37(13)51(69)73-44/h21-27,30-33,36-37,39,41-45H,18-20,28-29H2,1-17H3,(H,58,63)(H,59,64)/b34-24+,35-27+/t32-,33+,36+,37+,39+,41+,42+,43+,44-,45-,53-/m1/s1. The molecule has 2 N–H and O–H groups in total. The van der Waals surface area contributed by atoms with Crippen molar-refractivity contribution in [3.05, 3.63) is 59.2 Å². The molecule has 74 heavy (non-hydrogen) atoms. The highest BCUT2D eigenvalue weighted by Crippen LogP contribution is 2.44. The summed E-state index contributed by atoms with van der Waals surface area (Å²) in [5.74, 6) is -10.6. The van der Waals surface area contributed by atoms with Crippen molar-refractivity contribution in [1.29, 1.82) is 0 Å². The number of hydrogen-bond acceptors (Lipinski definition) is 12. The third-order valence-electron chi connectivity index (χ3n) is 14.1. The minimum absolute atomic E-state index is 0.136. The first-order valence-electron chi connectivity index (χ1n) is 25.4. The van der Waals surface area contributed by atoms with Crippen molar-refractivity contribution < 1.29 is 70.5 Å². The van der Waals surface area contributed by atoms with Gasteiger partial charge in [0.05, 0.1) is 6.54 Å². The summed E-state index contributed by atoms with van der Waals surface area (Å²) in [5.41, 5.74) is -3.94. The number of benzene rings is 1. The topological polar surface area (TPSA) is 207 Å². The predicted molar refractivity (Wildman–Crippen MR) is 271 cm³/mol. The molecule has 0 radical (unpaired) electrons. The molecule has 1 aromatic rings. The van der Waals surface area contributed by atoms with Crippen LogP contribution in [0.5, 0.6) is 0 Å². The van der Waals surface area contributed by atoms with Gasteiger partial charge in [-0.25, -0.2) is 14.4 Å². The van der Waals surface area contributed by atoms with E-state index in [-0.39, 0.29) is 5.57 Å². The van der Waals surface area contributed by atoms with Gasteiger partial charge in [-0.05, 0) is 56.9 Å². The number of nitrogens with one attached hydrogen (secondary N) is 2. The van der Waals surface area contributed by atoms with Crippen LogP contribution in [-0.2, 0) is 62.9 Å². The number of carbonyl (C=O) groups excluding carboxylic acids is 8. The van der Waals surface area contributed by atoms with E-state index < -0.39 is 150 Å². The third kappa shape index (κ3) is 15.6. The van der Waals surface area contributed by atoms with E-state index in [2.05, 4.69) is 10.6 Å². The van der Waals surface area contributed by atoms with Crippen LogP contribution in [0.1, 0.15) is 121 Å². The van der Waals surface area contributed by atoms with Gasteiger partial charge in [-0.15, -0.1) is 0 Å². The smallest absolute Gasteiger partial charge is 0.432 e. The number of carbonyl (C=O) groups is 8. The molecule has 1 heterocycles. The van der Waals surface area contributed by atoms with Gasteiger partial charge in [-0.1, -0.05) is 118 Å². The lowest BCUT2D eigenvalue weighted by Crippen LogP contribution is -2.60. The number of esters is 3. The molecule has 0 aromatic heterocycles. The fourth-order valence-electron chi connectivity index (χ4n) is 8.62. The van der Waals surface area contributed by atoms with Crippen molar-refractivity contribution in [2.24, 2.45) is 29.6 Å². The molecule has 0 unspecified atom stereocenters. The Morgan fingerprint density at radius 3 is 1.85 bits per heavy atom.